The first-order valence-electron chi connectivity index (χ1n) is 10.4. The van der Waals surface area contributed by atoms with Crippen molar-refractivity contribution in [3.05, 3.63) is 68.9 Å². The number of hydrogen-bond acceptors (Lipinski definition) is 7. The normalized spacial score (nSPS) is 19.7. The van der Waals surface area contributed by atoms with Gasteiger partial charge < -0.3 is 9.47 Å². The zero-order valence-corrected chi connectivity index (χ0v) is 20.5. The van der Waals surface area contributed by atoms with E-state index in [9.17, 15) is 9.59 Å². The first-order chi connectivity index (χ1) is 16.0. The molecule has 0 radical (unpaired) electrons. The summed E-state index contributed by atoms with van der Waals surface area (Å²) in [6, 6.07) is 14.5. The third kappa shape index (κ3) is 4.72. The number of hydrogen-bond donors (Lipinski definition) is 0. The van der Waals surface area contributed by atoms with E-state index in [-0.39, 0.29) is 12.0 Å². The van der Waals surface area contributed by atoms with Crippen LogP contribution in [0.15, 0.2) is 53.4 Å². The molecule has 0 unspecified atom stereocenters. The van der Waals surface area contributed by atoms with Crippen molar-refractivity contribution in [2.75, 3.05) is 13.2 Å². The fourth-order valence-corrected chi connectivity index (χ4v) is 6.39. The smallest absolute Gasteiger partial charge is 0.355 e. The molecule has 5 nitrogen and oxygen atoms in total. The van der Waals surface area contributed by atoms with E-state index in [1.807, 2.05) is 24.3 Å². The van der Waals surface area contributed by atoms with E-state index in [0.717, 1.165) is 35.1 Å². The van der Waals surface area contributed by atoms with Crippen molar-refractivity contribution in [2.24, 2.45) is 0 Å². The Morgan fingerprint density at radius 2 is 2.03 bits per heavy atom. The second-order valence-corrected chi connectivity index (χ2v) is 10.7. The molecule has 3 aromatic rings. The average Bonchev–Trinajstić information content (AvgIpc) is 3.51. The second kappa shape index (κ2) is 9.56. The third-order valence-electron chi connectivity index (χ3n) is 5.39. The molecule has 2 aromatic carbocycles. The van der Waals surface area contributed by atoms with Gasteiger partial charge in [0.25, 0.3) is 5.91 Å². The van der Waals surface area contributed by atoms with Crippen LogP contribution in [-0.4, -0.2) is 40.4 Å². The molecule has 33 heavy (non-hydrogen) atoms. The Balaban J connectivity index is 1.27. The molecule has 3 heterocycles. The van der Waals surface area contributed by atoms with Crippen LogP contribution in [0.2, 0.25) is 5.02 Å². The lowest BCUT2D eigenvalue weighted by molar-refractivity contribution is -0.123. The number of fused-ring (bicyclic) bond motifs is 1. The van der Waals surface area contributed by atoms with Crippen molar-refractivity contribution in [3.63, 3.8) is 0 Å². The highest BCUT2D eigenvalue weighted by molar-refractivity contribution is 8.26. The van der Waals surface area contributed by atoms with Gasteiger partial charge in [0.2, 0.25) is 0 Å². The molecule has 2 fully saturated rings. The zero-order valence-electron chi connectivity index (χ0n) is 17.3. The topological polar surface area (TPSA) is 55.8 Å². The first kappa shape index (κ1) is 22.6. The van der Waals surface area contributed by atoms with Gasteiger partial charge in [-0.05, 0) is 42.7 Å². The lowest BCUT2D eigenvalue weighted by atomic mass is 10.2. The minimum atomic E-state index is -0.496. The Labute approximate surface area is 209 Å². The molecule has 0 spiro atoms. The quantitative estimate of drug-likeness (QED) is 0.176. The molecule has 9 heteroatoms. The van der Waals surface area contributed by atoms with Crippen LogP contribution < -0.4 is 4.74 Å². The van der Waals surface area contributed by atoms with Crippen LogP contribution in [0.3, 0.4) is 0 Å². The number of benzene rings is 2. The second-order valence-electron chi connectivity index (χ2n) is 7.63. The van der Waals surface area contributed by atoms with E-state index in [2.05, 4.69) is 0 Å². The van der Waals surface area contributed by atoms with E-state index >= 15 is 0 Å². The van der Waals surface area contributed by atoms with Gasteiger partial charge in [-0.3, -0.25) is 9.69 Å². The van der Waals surface area contributed by atoms with Gasteiger partial charge in [-0.2, -0.15) is 0 Å². The molecule has 2 aliphatic rings. The number of carbonyl (C=O) groups is 2. The van der Waals surface area contributed by atoms with Crippen LogP contribution in [-0.2, 0) is 9.53 Å². The Morgan fingerprint density at radius 1 is 1.24 bits per heavy atom. The molecule has 0 N–H and O–H groups in total. The maximum atomic E-state index is 12.8. The molecule has 5 rings (SSSR count). The third-order valence-corrected chi connectivity index (χ3v) is 8.43. The van der Waals surface area contributed by atoms with Crippen LogP contribution in [0.4, 0.5) is 0 Å². The van der Waals surface area contributed by atoms with Gasteiger partial charge >= 0.3 is 5.97 Å². The number of ether oxygens (including phenoxy) is 2. The maximum absolute atomic E-state index is 12.8. The van der Waals surface area contributed by atoms with Gasteiger partial charge in [-0.1, -0.05) is 65.9 Å². The number of esters is 1. The average molecular weight is 516 g/mol. The van der Waals surface area contributed by atoms with Gasteiger partial charge in [0.05, 0.1) is 22.6 Å². The summed E-state index contributed by atoms with van der Waals surface area (Å²) >= 11 is 14.4. The molecule has 0 aliphatic carbocycles. The summed E-state index contributed by atoms with van der Waals surface area (Å²) in [5.41, 5.74) is 0.812. The fraction of sp³-hybridized carbons (Fsp3) is 0.208. The van der Waals surface area contributed by atoms with Crippen LogP contribution in [0, 0.1) is 0 Å². The highest BCUT2D eigenvalue weighted by Gasteiger charge is 2.34. The highest BCUT2D eigenvalue weighted by Crippen LogP contribution is 2.36. The van der Waals surface area contributed by atoms with E-state index in [1.54, 1.807) is 35.2 Å². The van der Waals surface area contributed by atoms with Crippen molar-refractivity contribution in [3.8, 4) is 5.75 Å². The first-order valence-corrected chi connectivity index (χ1v) is 12.8. The number of halogens is 1. The number of thiophene rings is 1. The standard InChI is InChI=1S/C24H18ClNO4S3/c25-20-17-5-1-2-6-18(17)32-21(20)23(28)30-15-9-7-14(8-10-15)12-19-22(27)26(24(31)33-19)13-16-4-3-11-29-16/h1-2,5-10,12,16H,3-4,11,13H2/b19-12+/t16-/m1/s1. The fourth-order valence-electron chi connectivity index (χ4n) is 3.73. The van der Waals surface area contributed by atoms with Crippen molar-refractivity contribution < 1.29 is 19.1 Å². The Bertz CT molecular complexity index is 1280. The Hall–Kier alpha value is -2.23. The summed E-state index contributed by atoms with van der Waals surface area (Å²) in [7, 11) is 0. The van der Waals surface area contributed by atoms with E-state index in [0.29, 0.717) is 31.4 Å². The SMILES string of the molecule is O=C(Oc1ccc(/C=C2/SC(=S)N(C[C@H]3CCCO3)C2=O)cc1)c1sc2ccccc2c1Cl. The van der Waals surface area contributed by atoms with Gasteiger partial charge in [0.1, 0.15) is 14.9 Å². The molecule has 2 saturated heterocycles. The summed E-state index contributed by atoms with van der Waals surface area (Å²) in [5.74, 6) is -0.198. The molecule has 1 aromatic heterocycles. The molecular weight excluding hydrogens is 498 g/mol. The van der Waals surface area contributed by atoms with Crippen LogP contribution in [0.1, 0.15) is 28.1 Å². The highest BCUT2D eigenvalue weighted by atomic mass is 35.5. The van der Waals surface area contributed by atoms with Crippen molar-refractivity contribution in [1.29, 1.82) is 0 Å². The van der Waals surface area contributed by atoms with Gasteiger partial charge in [-0.15, -0.1) is 11.3 Å². The summed E-state index contributed by atoms with van der Waals surface area (Å²) < 4.78 is 12.6. The van der Waals surface area contributed by atoms with Crippen LogP contribution >= 0.6 is 46.9 Å². The largest absolute Gasteiger partial charge is 0.422 e. The van der Waals surface area contributed by atoms with Crippen molar-refractivity contribution in [1.82, 2.24) is 4.90 Å². The number of amides is 1. The monoisotopic (exact) mass is 515 g/mol. The molecule has 1 atom stereocenters. The predicted molar refractivity (Wildman–Crippen MR) is 137 cm³/mol. The minimum absolute atomic E-state index is 0.0512. The van der Waals surface area contributed by atoms with Gasteiger partial charge in [0, 0.05) is 16.7 Å². The predicted octanol–water partition coefficient (Wildman–Crippen LogP) is 6.15. The number of rotatable bonds is 5. The lowest BCUT2D eigenvalue weighted by Gasteiger charge is -2.18. The molecular formula is C24H18ClNO4S3. The van der Waals surface area contributed by atoms with Crippen LogP contribution in [0.25, 0.3) is 16.2 Å². The van der Waals surface area contributed by atoms with Crippen LogP contribution in [0.5, 0.6) is 5.75 Å². The molecule has 2 aliphatic heterocycles. The van der Waals surface area contributed by atoms with Gasteiger partial charge in [-0.25, -0.2) is 4.79 Å². The molecule has 0 saturated carbocycles. The molecule has 0 bridgehead atoms. The zero-order chi connectivity index (χ0) is 22.9. The van der Waals surface area contributed by atoms with Crippen molar-refractivity contribution >= 4 is 79.3 Å². The number of thioether (sulfide) groups is 1. The van der Waals surface area contributed by atoms with E-state index < -0.39 is 5.97 Å². The minimum Gasteiger partial charge on any atom is -0.422 e. The lowest BCUT2D eigenvalue weighted by Crippen LogP contribution is -2.35. The molecule has 168 valence electrons. The number of nitrogens with zero attached hydrogens (tertiary/aromatic N) is 1. The van der Waals surface area contributed by atoms with E-state index in [4.69, 9.17) is 33.3 Å². The maximum Gasteiger partial charge on any atom is 0.355 e. The number of thiocarbonyl (C=S) groups is 1. The Kier molecular flexibility index (Phi) is 6.53. The summed E-state index contributed by atoms with van der Waals surface area (Å²) in [6.45, 7) is 1.23. The van der Waals surface area contributed by atoms with Crippen molar-refractivity contribution in [2.45, 2.75) is 18.9 Å². The Morgan fingerprint density at radius 3 is 2.76 bits per heavy atom. The summed E-state index contributed by atoms with van der Waals surface area (Å²) in [6.07, 6.45) is 3.81. The summed E-state index contributed by atoms with van der Waals surface area (Å²) in [4.78, 5) is 28.0. The molecule has 1 amide bonds. The van der Waals surface area contributed by atoms with E-state index in [1.165, 1.54) is 23.1 Å². The summed E-state index contributed by atoms with van der Waals surface area (Å²) in [5, 5.41) is 1.24. The number of carbonyl (C=O) groups excluding carboxylic acids is 2. The van der Waals surface area contributed by atoms with Gasteiger partial charge in [0.15, 0.2) is 0 Å².